The smallest absolute Gasteiger partial charge is 0.261 e. The normalized spacial score (nSPS) is 19.9. The van der Waals surface area contributed by atoms with Gasteiger partial charge in [0.25, 0.3) is 5.91 Å². The summed E-state index contributed by atoms with van der Waals surface area (Å²) in [7, 11) is 4.79. The molecule has 1 aromatic carbocycles. The molecule has 146 valence electrons. The number of rotatable bonds is 4. The van der Waals surface area contributed by atoms with Gasteiger partial charge in [-0.2, -0.15) is 0 Å². The van der Waals surface area contributed by atoms with Gasteiger partial charge in [0.2, 0.25) is 0 Å². The quantitative estimate of drug-likeness (QED) is 0.821. The molecule has 1 fully saturated rings. The lowest BCUT2D eigenvalue weighted by Crippen LogP contribution is -2.49. The first kappa shape index (κ1) is 19.1. The van der Waals surface area contributed by atoms with Gasteiger partial charge >= 0.3 is 0 Å². The van der Waals surface area contributed by atoms with Gasteiger partial charge in [0.1, 0.15) is 5.56 Å². The van der Waals surface area contributed by atoms with E-state index >= 15 is 0 Å². The SMILES string of the molecule is COc1cc(-c2onc(N(C)C)c2C(=O)N2CC[C@H](O)[C@@H](O)C2)ccc1F. The molecule has 0 unspecified atom stereocenters. The molecule has 0 saturated carbocycles. The van der Waals surface area contributed by atoms with Crippen LogP contribution in [0.5, 0.6) is 5.75 Å². The zero-order valence-electron chi connectivity index (χ0n) is 15.3. The summed E-state index contributed by atoms with van der Waals surface area (Å²) >= 11 is 0. The number of nitrogens with zero attached hydrogens (tertiary/aromatic N) is 3. The van der Waals surface area contributed by atoms with Crippen LogP contribution < -0.4 is 9.64 Å². The Morgan fingerprint density at radius 3 is 2.74 bits per heavy atom. The Morgan fingerprint density at radius 1 is 1.37 bits per heavy atom. The molecule has 1 aromatic heterocycles. The van der Waals surface area contributed by atoms with Gasteiger partial charge in [0.15, 0.2) is 23.1 Å². The fourth-order valence-corrected chi connectivity index (χ4v) is 3.04. The summed E-state index contributed by atoms with van der Waals surface area (Å²) in [5, 5.41) is 23.6. The largest absolute Gasteiger partial charge is 0.494 e. The number of benzene rings is 1. The molecule has 2 N–H and O–H groups in total. The van der Waals surface area contributed by atoms with Crippen LogP contribution >= 0.6 is 0 Å². The number of methoxy groups -OCH3 is 1. The lowest BCUT2D eigenvalue weighted by atomic mass is 10.0. The first-order valence-electron chi connectivity index (χ1n) is 8.49. The monoisotopic (exact) mass is 379 g/mol. The van der Waals surface area contributed by atoms with Crippen molar-refractivity contribution < 1.29 is 28.7 Å². The molecule has 0 radical (unpaired) electrons. The van der Waals surface area contributed by atoms with Crippen LogP contribution in [-0.4, -0.2) is 72.7 Å². The molecule has 27 heavy (non-hydrogen) atoms. The van der Waals surface area contributed by atoms with E-state index in [2.05, 4.69) is 5.16 Å². The molecule has 0 bridgehead atoms. The predicted molar refractivity (Wildman–Crippen MR) is 95.3 cm³/mol. The van der Waals surface area contributed by atoms with E-state index in [1.807, 2.05) is 0 Å². The number of amides is 1. The number of aliphatic hydroxyl groups excluding tert-OH is 2. The Morgan fingerprint density at radius 2 is 2.11 bits per heavy atom. The van der Waals surface area contributed by atoms with Gasteiger partial charge < -0.3 is 29.3 Å². The minimum atomic E-state index is -1.01. The third kappa shape index (κ3) is 3.60. The topological polar surface area (TPSA) is 99.3 Å². The van der Waals surface area contributed by atoms with Crippen LogP contribution in [0, 0.1) is 5.82 Å². The summed E-state index contributed by atoms with van der Waals surface area (Å²) in [6.07, 6.45) is -1.60. The van der Waals surface area contributed by atoms with Gasteiger partial charge in [-0.3, -0.25) is 4.79 Å². The number of piperidine rings is 1. The summed E-state index contributed by atoms with van der Waals surface area (Å²) < 4.78 is 24.2. The summed E-state index contributed by atoms with van der Waals surface area (Å²) in [5.74, 6) is -0.398. The van der Waals surface area contributed by atoms with E-state index in [-0.39, 0.29) is 35.9 Å². The molecular weight excluding hydrogens is 357 g/mol. The first-order chi connectivity index (χ1) is 12.8. The number of anilines is 1. The van der Waals surface area contributed by atoms with Crippen molar-refractivity contribution in [1.82, 2.24) is 10.1 Å². The number of aromatic nitrogens is 1. The Bertz CT molecular complexity index is 838. The summed E-state index contributed by atoms with van der Waals surface area (Å²) in [6, 6.07) is 4.13. The van der Waals surface area contributed by atoms with Gasteiger partial charge in [-0.15, -0.1) is 0 Å². The van der Waals surface area contributed by atoms with Crippen molar-refractivity contribution in [2.24, 2.45) is 0 Å². The van der Waals surface area contributed by atoms with Gasteiger partial charge in [-0.05, 0) is 24.6 Å². The van der Waals surface area contributed by atoms with E-state index in [4.69, 9.17) is 9.26 Å². The van der Waals surface area contributed by atoms with Crippen LogP contribution in [0.3, 0.4) is 0 Å². The van der Waals surface area contributed by atoms with Crippen molar-refractivity contribution in [3.05, 3.63) is 29.6 Å². The van der Waals surface area contributed by atoms with Crippen molar-refractivity contribution in [2.75, 3.05) is 39.2 Å². The molecule has 0 aliphatic carbocycles. The van der Waals surface area contributed by atoms with E-state index in [9.17, 15) is 19.4 Å². The van der Waals surface area contributed by atoms with Crippen LogP contribution in [0.4, 0.5) is 10.2 Å². The highest BCUT2D eigenvalue weighted by molar-refractivity contribution is 6.04. The van der Waals surface area contributed by atoms with Crippen LogP contribution in [-0.2, 0) is 0 Å². The lowest BCUT2D eigenvalue weighted by molar-refractivity contribution is -0.0321. The second-order valence-electron chi connectivity index (χ2n) is 6.63. The number of hydrogen-bond acceptors (Lipinski definition) is 7. The maximum Gasteiger partial charge on any atom is 0.261 e. The van der Waals surface area contributed by atoms with Gasteiger partial charge in [-0.25, -0.2) is 4.39 Å². The first-order valence-corrected chi connectivity index (χ1v) is 8.49. The molecule has 1 amide bonds. The summed E-state index contributed by atoms with van der Waals surface area (Å²) in [5.41, 5.74) is 0.645. The van der Waals surface area contributed by atoms with Gasteiger partial charge in [0.05, 0.1) is 19.3 Å². The third-order valence-corrected chi connectivity index (χ3v) is 4.56. The van der Waals surface area contributed by atoms with E-state index in [1.54, 1.807) is 19.0 Å². The number of carbonyl (C=O) groups excluding carboxylic acids is 1. The average molecular weight is 379 g/mol. The second-order valence-corrected chi connectivity index (χ2v) is 6.63. The number of halogens is 1. The van der Waals surface area contributed by atoms with E-state index < -0.39 is 18.0 Å². The summed E-state index contributed by atoms with van der Waals surface area (Å²) in [4.78, 5) is 16.2. The second kappa shape index (κ2) is 7.53. The molecule has 2 heterocycles. The number of hydrogen-bond donors (Lipinski definition) is 2. The number of β-amino-alcohol motifs (C(OH)–C–C–N with tert-alkyl or cyclic N) is 1. The minimum Gasteiger partial charge on any atom is -0.494 e. The highest BCUT2D eigenvalue weighted by Crippen LogP contribution is 2.34. The fraction of sp³-hybridized carbons (Fsp3) is 0.444. The number of likely N-dealkylation sites (tertiary alicyclic amines) is 1. The Kier molecular flexibility index (Phi) is 5.33. The van der Waals surface area contributed by atoms with Crippen molar-refractivity contribution in [3.8, 4) is 17.1 Å². The van der Waals surface area contributed by atoms with Crippen molar-refractivity contribution in [3.63, 3.8) is 0 Å². The van der Waals surface area contributed by atoms with Crippen LogP contribution in [0.1, 0.15) is 16.8 Å². The lowest BCUT2D eigenvalue weighted by Gasteiger charge is -2.33. The van der Waals surface area contributed by atoms with Crippen molar-refractivity contribution in [1.29, 1.82) is 0 Å². The number of ether oxygens (including phenoxy) is 1. The molecule has 9 heteroatoms. The number of aliphatic hydroxyl groups is 2. The molecule has 2 atom stereocenters. The van der Waals surface area contributed by atoms with E-state index in [0.717, 1.165) is 0 Å². The van der Waals surface area contributed by atoms with Gasteiger partial charge in [0, 0.05) is 32.7 Å². The molecule has 2 aromatic rings. The van der Waals surface area contributed by atoms with E-state index in [0.29, 0.717) is 17.9 Å². The average Bonchev–Trinajstić information content (AvgIpc) is 3.09. The molecule has 3 rings (SSSR count). The van der Waals surface area contributed by atoms with Crippen LogP contribution in [0.25, 0.3) is 11.3 Å². The molecule has 1 aliphatic rings. The zero-order valence-corrected chi connectivity index (χ0v) is 15.3. The standard InChI is InChI=1S/C18H22FN3O5/c1-21(2)17-15(18(25)22-7-6-12(23)13(24)9-22)16(27-20-17)10-4-5-11(19)14(8-10)26-3/h4-5,8,12-13,23-24H,6-7,9H2,1-3H3/t12-,13-/m0/s1. The maximum absolute atomic E-state index is 13.7. The van der Waals surface area contributed by atoms with Gasteiger partial charge in [-0.1, -0.05) is 5.16 Å². The highest BCUT2D eigenvalue weighted by atomic mass is 19.1. The summed E-state index contributed by atoms with van der Waals surface area (Å²) in [6.45, 7) is 0.297. The molecule has 1 saturated heterocycles. The maximum atomic E-state index is 13.7. The van der Waals surface area contributed by atoms with Crippen molar-refractivity contribution in [2.45, 2.75) is 18.6 Å². The predicted octanol–water partition coefficient (Wildman–Crippen LogP) is 1.12. The molecular formula is C18H22FN3O5. The number of carbonyl (C=O) groups is 1. The van der Waals surface area contributed by atoms with Crippen LogP contribution in [0.15, 0.2) is 22.7 Å². The Balaban J connectivity index is 2.03. The van der Waals surface area contributed by atoms with Crippen molar-refractivity contribution >= 4 is 11.7 Å². The zero-order chi connectivity index (χ0) is 19.7. The minimum absolute atomic E-state index is 0.00419. The van der Waals surface area contributed by atoms with E-state index in [1.165, 1.54) is 30.2 Å². The fourth-order valence-electron chi connectivity index (χ4n) is 3.04. The molecule has 8 nitrogen and oxygen atoms in total. The highest BCUT2D eigenvalue weighted by Gasteiger charge is 2.34. The van der Waals surface area contributed by atoms with Crippen LogP contribution in [0.2, 0.25) is 0 Å². The third-order valence-electron chi connectivity index (χ3n) is 4.56. The Labute approximate surface area is 155 Å². The molecule has 0 spiro atoms. The Hall–Kier alpha value is -2.65. The molecule has 1 aliphatic heterocycles.